The predicted octanol–water partition coefficient (Wildman–Crippen LogP) is 7.18. The molecule has 5 aliphatic rings. The van der Waals surface area contributed by atoms with Crippen LogP contribution in [0.25, 0.3) is 0 Å². The van der Waals surface area contributed by atoms with E-state index in [9.17, 15) is 29.3 Å². The molecule has 6 rings (SSSR count). The minimum atomic E-state index is -1.05. The summed E-state index contributed by atoms with van der Waals surface area (Å²) < 4.78 is 20.1. The first-order chi connectivity index (χ1) is 20.6. The molecule has 5 fully saturated rings. The van der Waals surface area contributed by atoms with E-state index in [-0.39, 0.29) is 45.7 Å². The lowest BCUT2D eigenvalue weighted by molar-refractivity contribution is -0.241. The van der Waals surface area contributed by atoms with Crippen molar-refractivity contribution in [3.05, 3.63) is 47.3 Å². The molecule has 2 unspecified atom stereocenters. The van der Waals surface area contributed by atoms with E-state index in [1.54, 1.807) is 0 Å². The third-order valence-electron chi connectivity index (χ3n) is 14.4. The van der Waals surface area contributed by atoms with Gasteiger partial charge in [-0.05, 0) is 136 Å². The van der Waals surface area contributed by atoms with Gasteiger partial charge in [0.1, 0.15) is 11.9 Å². The fraction of sp³-hybridized carbons (Fsp3) is 0.730. The number of carbonyl (C=O) groups is 2. The Morgan fingerprint density at radius 3 is 2.34 bits per heavy atom. The first kappa shape index (κ1) is 31.7. The SMILES string of the molecule is CC(C)=CCC[C@]1(C(=O)O)C[C@@]12[C@@H](OC(=O)c1ccc(F)cc1)C[C@@]1(C)[C@H]2CC(O)C2[C@]1(C)CC[C@H]1[C@H](C)[C@H](O)CC[C@]21C. The zero-order chi connectivity index (χ0) is 32.0. The van der Waals surface area contributed by atoms with E-state index in [4.69, 9.17) is 4.74 Å². The third-order valence-corrected chi connectivity index (χ3v) is 14.4. The van der Waals surface area contributed by atoms with Gasteiger partial charge >= 0.3 is 11.9 Å². The predicted molar refractivity (Wildman–Crippen MR) is 165 cm³/mol. The number of allylic oxidation sites excluding steroid dienone is 2. The number of carbonyl (C=O) groups excluding carboxylic acids is 1. The van der Waals surface area contributed by atoms with Gasteiger partial charge in [0, 0.05) is 5.41 Å². The summed E-state index contributed by atoms with van der Waals surface area (Å²) in [5.74, 6) is -1.51. The van der Waals surface area contributed by atoms with Gasteiger partial charge in [0.25, 0.3) is 0 Å². The normalized spacial score (nSPS) is 47.2. The highest BCUT2D eigenvalue weighted by Crippen LogP contribution is 2.85. The lowest BCUT2D eigenvalue weighted by atomic mass is 9.36. The summed E-state index contributed by atoms with van der Waals surface area (Å²) in [5, 5.41) is 33.9. The Balaban J connectivity index is 1.43. The number of carboxylic acids is 1. The van der Waals surface area contributed by atoms with Crippen LogP contribution in [0.1, 0.15) is 110 Å². The molecule has 0 radical (unpaired) electrons. The van der Waals surface area contributed by atoms with Gasteiger partial charge in [0.05, 0.1) is 23.2 Å². The molecule has 0 bridgehead atoms. The Hall–Kier alpha value is -2.25. The lowest BCUT2D eigenvalue weighted by Gasteiger charge is -2.69. The maximum atomic E-state index is 13.7. The van der Waals surface area contributed by atoms with Crippen LogP contribution in [-0.2, 0) is 9.53 Å². The van der Waals surface area contributed by atoms with E-state index in [1.807, 2.05) is 13.8 Å². The summed E-state index contributed by atoms with van der Waals surface area (Å²) in [7, 11) is 0. The maximum Gasteiger partial charge on any atom is 0.338 e. The van der Waals surface area contributed by atoms with Gasteiger partial charge in [-0.15, -0.1) is 0 Å². The Kier molecular flexibility index (Phi) is 7.49. The summed E-state index contributed by atoms with van der Waals surface area (Å²) in [5.41, 5.74) is -1.28. The van der Waals surface area contributed by atoms with Crippen molar-refractivity contribution in [2.75, 3.05) is 0 Å². The average molecular weight is 611 g/mol. The summed E-state index contributed by atoms with van der Waals surface area (Å²) in [4.78, 5) is 26.9. The van der Waals surface area contributed by atoms with E-state index < -0.39 is 40.8 Å². The maximum absolute atomic E-state index is 13.7. The molecule has 1 spiro atoms. The van der Waals surface area contributed by atoms with Gasteiger partial charge in [0.15, 0.2) is 0 Å². The molecule has 44 heavy (non-hydrogen) atoms. The topological polar surface area (TPSA) is 104 Å². The minimum Gasteiger partial charge on any atom is -0.481 e. The van der Waals surface area contributed by atoms with E-state index >= 15 is 0 Å². The summed E-state index contributed by atoms with van der Waals surface area (Å²) >= 11 is 0. The number of aliphatic hydroxyl groups excluding tert-OH is 2. The zero-order valence-electron chi connectivity index (χ0n) is 27.2. The fourth-order valence-electron chi connectivity index (χ4n) is 12.2. The first-order valence-electron chi connectivity index (χ1n) is 16.8. The van der Waals surface area contributed by atoms with Gasteiger partial charge < -0.3 is 20.1 Å². The molecule has 0 aliphatic heterocycles. The zero-order valence-corrected chi connectivity index (χ0v) is 27.2. The smallest absolute Gasteiger partial charge is 0.338 e. The number of ether oxygens (including phenoxy) is 1. The molecule has 0 saturated heterocycles. The first-order valence-corrected chi connectivity index (χ1v) is 16.8. The van der Waals surface area contributed by atoms with Crippen molar-refractivity contribution in [3.63, 3.8) is 0 Å². The highest BCUT2D eigenvalue weighted by atomic mass is 19.1. The molecule has 7 heteroatoms. The van der Waals surface area contributed by atoms with Crippen molar-refractivity contribution >= 4 is 11.9 Å². The van der Waals surface area contributed by atoms with Crippen LogP contribution in [0.3, 0.4) is 0 Å². The fourth-order valence-corrected chi connectivity index (χ4v) is 12.2. The van der Waals surface area contributed by atoms with Gasteiger partial charge in [0.2, 0.25) is 0 Å². The lowest BCUT2D eigenvalue weighted by Crippen LogP contribution is -2.66. The monoisotopic (exact) mass is 610 g/mol. The molecular weight excluding hydrogens is 559 g/mol. The van der Waals surface area contributed by atoms with Crippen LogP contribution in [0.15, 0.2) is 35.9 Å². The van der Waals surface area contributed by atoms with Crippen LogP contribution in [-0.4, -0.2) is 45.6 Å². The minimum absolute atomic E-state index is 0.00259. The summed E-state index contributed by atoms with van der Waals surface area (Å²) in [6.45, 7) is 13.1. The Morgan fingerprint density at radius 1 is 1.02 bits per heavy atom. The second kappa shape index (κ2) is 10.4. The van der Waals surface area contributed by atoms with Crippen molar-refractivity contribution in [2.24, 2.45) is 50.7 Å². The quantitative estimate of drug-likeness (QED) is 0.233. The molecule has 1 aromatic carbocycles. The Bertz CT molecular complexity index is 1350. The van der Waals surface area contributed by atoms with E-state index in [2.05, 4.69) is 33.8 Å². The van der Waals surface area contributed by atoms with Crippen LogP contribution >= 0.6 is 0 Å². The number of halogens is 1. The van der Waals surface area contributed by atoms with Crippen molar-refractivity contribution in [1.29, 1.82) is 0 Å². The highest BCUT2D eigenvalue weighted by molar-refractivity contribution is 5.90. The molecule has 5 saturated carbocycles. The second-order valence-electron chi connectivity index (χ2n) is 16.3. The van der Waals surface area contributed by atoms with Crippen molar-refractivity contribution in [2.45, 2.75) is 118 Å². The number of aliphatic carboxylic acids is 1. The molecule has 0 amide bonds. The van der Waals surface area contributed by atoms with Crippen LogP contribution in [0.2, 0.25) is 0 Å². The number of fused-ring (bicyclic) bond motifs is 6. The van der Waals surface area contributed by atoms with E-state index in [1.165, 1.54) is 24.3 Å². The van der Waals surface area contributed by atoms with Crippen LogP contribution in [0, 0.1) is 56.6 Å². The molecule has 6 nitrogen and oxygen atoms in total. The third kappa shape index (κ3) is 4.16. The molecule has 242 valence electrons. The number of carboxylic acid groups (broad SMARTS) is 1. The standard InChI is InChI=1S/C37H51FO6/c1-21(2)8-7-15-36(32(42)43)20-37(36)28-18-27(40)30-33(4)16-14-26(39)22(3)25(33)13-17-34(30,5)35(28,6)19-29(37)44-31(41)23-9-11-24(38)12-10-23/h8-12,22,25-30,39-40H,7,13-20H2,1-6H3,(H,42,43)/t22-,25-,26+,27?,28+,29-,30?,33-,34-,35-,36+,37+/m0/s1. The van der Waals surface area contributed by atoms with Gasteiger partial charge in [-0.1, -0.05) is 39.3 Å². The van der Waals surface area contributed by atoms with Crippen LogP contribution < -0.4 is 0 Å². The molecule has 1 aromatic rings. The van der Waals surface area contributed by atoms with Gasteiger partial charge in [-0.25, -0.2) is 9.18 Å². The Labute approximate surface area is 261 Å². The number of hydrogen-bond donors (Lipinski definition) is 3. The van der Waals surface area contributed by atoms with Crippen molar-refractivity contribution in [3.8, 4) is 0 Å². The summed E-state index contributed by atoms with van der Waals surface area (Å²) in [6.07, 6.45) is 6.47. The summed E-state index contributed by atoms with van der Waals surface area (Å²) in [6, 6.07) is 5.32. The highest BCUT2D eigenvalue weighted by Gasteiger charge is 2.86. The number of aliphatic hydroxyl groups is 2. The number of benzene rings is 1. The number of hydrogen-bond acceptors (Lipinski definition) is 5. The van der Waals surface area contributed by atoms with E-state index in [0.717, 1.165) is 31.3 Å². The van der Waals surface area contributed by atoms with Crippen molar-refractivity contribution in [1.82, 2.24) is 0 Å². The number of esters is 1. The van der Waals surface area contributed by atoms with Crippen LogP contribution in [0.4, 0.5) is 4.39 Å². The van der Waals surface area contributed by atoms with E-state index in [0.29, 0.717) is 38.0 Å². The van der Waals surface area contributed by atoms with Crippen molar-refractivity contribution < 1.29 is 34.0 Å². The molecule has 12 atom stereocenters. The Morgan fingerprint density at radius 2 is 1.70 bits per heavy atom. The number of rotatable bonds is 6. The molecular formula is C37H51FO6. The molecule has 0 heterocycles. The van der Waals surface area contributed by atoms with Crippen LogP contribution in [0.5, 0.6) is 0 Å². The molecule has 0 aromatic heterocycles. The molecule has 5 aliphatic carbocycles. The largest absolute Gasteiger partial charge is 0.481 e. The van der Waals surface area contributed by atoms with Gasteiger partial charge in [-0.3, -0.25) is 4.79 Å². The van der Waals surface area contributed by atoms with Gasteiger partial charge in [-0.2, -0.15) is 0 Å². The average Bonchev–Trinajstić information content (AvgIpc) is 3.57. The second-order valence-corrected chi connectivity index (χ2v) is 16.3. The molecule has 3 N–H and O–H groups in total.